The normalized spacial score (nSPS) is 12.6. The molecule has 0 aliphatic carbocycles. The minimum absolute atomic E-state index is 0.0365. The molecule has 2 aromatic heterocycles. The molecule has 0 radical (unpaired) electrons. The molecule has 51 heavy (non-hydrogen) atoms. The summed E-state index contributed by atoms with van der Waals surface area (Å²) in [6, 6.07) is 28.9. The maximum Gasteiger partial charge on any atom is 0.416 e. The number of halogens is 3. The zero-order chi connectivity index (χ0) is 36.5. The number of phenols is 1. The summed E-state index contributed by atoms with van der Waals surface area (Å²) in [4.78, 5) is 9.76. The van der Waals surface area contributed by atoms with Gasteiger partial charge in [0.2, 0.25) is 5.89 Å². The molecule has 0 fully saturated rings. The number of alkyl halides is 3. The van der Waals surface area contributed by atoms with Crippen molar-refractivity contribution in [2.75, 3.05) is 0 Å². The van der Waals surface area contributed by atoms with Crippen molar-refractivity contribution >= 4 is 22.0 Å². The molecule has 0 spiro atoms. The Morgan fingerprint density at radius 1 is 0.588 bits per heavy atom. The molecule has 0 aliphatic rings. The van der Waals surface area contributed by atoms with Crippen LogP contribution in [0.3, 0.4) is 0 Å². The third kappa shape index (κ3) is 6.49. The lowest BCUT2D eigenvalue weighted by atomic mass is 9.83. The van der Waals surface area contributed by atoms with Gasteiger partial charge in [-0.25, -0.2) is 4.98 Å². The van der Waals surface area contributed by atoms with E-state index in [1.54, 1.807) is 12.1 Å². The van der Waals surface area contributed by atoms with Crippen LogP contribution in [0.1, 0.15) is 63.8 Å². The summed E-state index contributed by atoms with van der Waals surface area (Å²) in [5.41, 5.74) is 9.55. The average Bonchev–Trinajstić information content (AvgIpc) is 3.51. The Hall–Kier alpha value is -5.43. The van der Waals surface area contributed by atoms with Crippen molar-refractivity contribution in [2.45, 2.75) is 65.5 Å². The van der Waals surface area contributed by atoms with Crippen LogP contribution in [-0.4, -0.2) is 15.1 Å². The number of aromatic hydroxyl groups is 1. The van der Waals surface area contributed by atoms with E-state index in [0.29, 0.717) is 27.8 Å². The lowest BCUT2D eigenvalue weighted by Gasteiger charge is -2.22. The van der Waals surface area contributed by atoms with Gasteiger partial charge in [-0.2, -0.15) is 13.2 Å². The molecule has 7 heteroatoms. The summed E-state index contributed by atoms with van der Waals surface area (Å²) in [6.07, 6.45) is -2.61. The molecule has 0 saturated carbocycles. The number of pyridine rings is 1. The van der Waals surface area contributed by atoms with Crippen molar-refractivity contribution in [1.82, 2.24) is 9.97 Å². The van der Waals surface area contributed by atoms with E-state index in [4.69, 9.17) is 14.4 Å². The van der Waals surface area contributed by atoms with Crippen LogP contribution in [0.4, 0.5) is 13.2 Å². The minimum Gasteiger partial charge on any atom is -0.507 e. The number of phenolic OH excluding ortho intramolecular Hbond substituents is 1. The molecular weight excluding hydrogens is 645 g/mol. The zero-order valence-electron chi connectivity index (χ0n) is 29.7. The molecule has 0 aliphatic heterocycles. The third-order valence-electron chi connectivity index (χ3n) is 9.55. The molecule has 0 amide bonds. The second kappa shape index (κ2) is 12.1. The standard InChI is InChI=1S/C44H39F3N2O2/c1-25-17-18-48-39-33(25)23-32(43(5,6)7)24-35(39)28-10-8-9-27(19-28)34-20-29(26-11-13-30(14-12-26)44(45,46)47)21-38-40(34)49-41(51-38)36-22-31(42(2,3)4)15-16-37(36)50/h8-24,50H,1-7H3. The van der Waals surface area contributed by atoms with Gasteiger partial charge in [0.1, 0.15) is 11.3 Å². The topological polar surface area (TPSA) is 59.2 Å². The Morgan fingerprint density at radius 2 is 1.22 bits per heavy atom. The van der Waals surface area contributed by atoms with Crippen molar-refractivity contribution in [1.29, 1.82) is 0 Å². The first-order valence-electron chi connectivity index (χ1n) is 16.9. The van der Waals surface area contributed by atoms with Gasteiger partial charge in [-0.05, 0) is 117 Å². The summed E-state index contributed by atoms with van der Waals surface area (Å²) < 4.78 is 46.7. The number of aryl methyl sites for hydroxylation is 1. The fourth-order valence-electron chi connectivity index (χ4n) is 6.45. The number of hydrogen-bond acceptors (Lipinski definition) is 4. The fraction of sp³-hybridized carbons (Fsp3) is 0.227. The van der Waals surface area contributed by atoms with E-state index in [9.17, 15) is 18.3 Å². The Balaban J connectivity index is 1.46. The molecule has 0 saturated heterocycles. The molecule has 7 aromatic rings. The lowest BCUT2D eigenvalue weighted by Crippen LogP contribution is -2.11. The molecule has 7 rings (SSSR count). The Kier molecular flexibility index (Phi) is 8.09. The summed E-state index contributed by atoms with van der Waals surface area (Å²) >= 11 is 0. The van der Waals surface area contributed by atoms with E-state index >= 15 is 0 Å². The summed E-state index contributed by atoms with van der Waals surface area (Å²) in [5, 5.41) is 12.0. The highest BCUT2D eigenvalue weighted by molar-refractivity contribution is 6.00. The van der Waals surface area contributed by atoms with Gasteiger partial charge in [-0.15, -0.1) is 0 Å². The molecule has 0 bridgehead atoms. The smallest absolute Gasteiger partial charge is 0.416 e. The predicted molar refractivity (Wildman–Crippen MR) is 200 cm³/mol. The number of oxazole rings is 1. The van der Waals surface area contributed by atoms with Gasteiger partial charge in [-0.3, -0.25) is 4.98 Å². The van der Waals surface area contributed by atoms with Gasteiger partial charge >= 0.3 is 6.18 Å². The van der Waals surface area contributed by atoms with E-state index in [0.717, 1.165) is 56.4 Å². The first-order valence-corrected chi connectivity index (χ1v) is 16.9. The number of nitrogens with zero attached hydrogens (tertiary/aromatic N) is 2. The first-order chi connectivity index (χ1) is 24.0. The van der Waals surface area contributed by atoms with Crippen LogP contribution in [0.15, 0.2) is 108 Å². The number of aromatic nitrogens is 2. The minimum atomic E-state index is -4.45. The molecule has 1 N–H and O–H groups in total. The molecule has 5 aromatic carbocycles. The van der Waals surface area contributed by atoms with Crippen LogP contribution in [0.5, 0.6) is 5.75 Å². The summed E-state index contributed by atoms with van der Waals surface area (Å²) in [5.74, 6) is 0.286. The highest BCUT2D eigenvalue weighted by atomic mass is 19.4. The molecule has 4 nitrogen and oxygen atoms in total. The van der Waals surface area contributed by atoms with Crippen LogP contribution in [0, 0.1) is 6.92 Å². The second-order valence-corrected chi connectivity index (χ2v) is 15.3. The van der Waals surface area contributed by atoms with E-state index in [1.807, 2.05) is 42.6 Å². The quantitative estimate of drug-likeness (QED) is 0.200. The van der Waals surface area contributed by atoms with Gasteiger partial charge in [0.25, 0.3) is 0 Å². The van der Waals surface area contributed by atoms with E-state index in [2.05, 4.69) is 72.7 Å². The molecule has 258 valence electrons. The fourth-order valence-corrected chi connectivity index (χ4v) is 6.45. The van der Waals surface area contributed by atoms with Crippen molar-refractivity contribution in [3.63, 3.8) is 0 Å². The molecule has 2 heterocycles. The monoisotopic (exact) mass is 684 g/mol. The lowest BCUT2D eigenvalue weighted by molar-refractivity contribution is -0.137. The van der Waals surface area contributed by atoms with Crippen molar-refractivity contribution < 1.29 is 22.7 Å². The van der Waals surface area contributed by atoms with Crippen LogP contribution in [-0.2, 0) is 17.0 Å². The van der Waals surface area contributed by atoms with Gasteiger partial charge < -0.3 is 9.52 Å². The molecule has 0 atom stereocenters. The zero-order valence-corrected chi connectivity index (χ0v) is 29.7. The van der Waals surface area contributed by atoms with Crippen molar-refractivity contribution in [3.05, 3.63) is 126 Å². The SMILES string of the molecule is Cc1ccnc2c(-c3cccc(-c4cc(-c5ccc(C(F)(F)F)cc5)cc5oc(-c6cc(C(C)(C)C)ccc6O)nc45)c3)cc(C(C)(C)C)cc12. The first kappa shape index (κ1) is 34.0. The van der Waals surface area contributed by atoms with Crippen LogP contribution in [0.2, 0.25) is 0 Å². The number of hydrogen-bond donors (Lipinski definition) is 1. The average molecular weight is 685 g/mol. The Morgan fingerprint density at radius 3 is 1.86 bits per heavy atom. The Labute approximate surface area is 295 Å². The van der Waals surface area contributed by atoms with E-state index in [1.165, 1.54) is 17.7 Å². The second-order valence-electron chi connectivity index (χ2n) is 15.3. The predicted octanol–water partition coefficient (Wildman–Crippen LogP) is 12.7. The third-order valence-corrected chi connectivity index (χ3v) is 9.55. The van der Waals surface area contributed by atoms with Crippen molar-refractivity contribution in [3.8, 4) is 50.6 Å². The van der Waals surface area contributed by atoms with E-state index in [-0.39, 0.29) is 22.5 Å². The van der Waals surface area contributed by atoms with Crippen LogP contribution < -0.4 is 0 Å². The van der Waals surface area contributed by atoms with Gasteiger partial charge in [0.15, 0.2) is 5.58 Å². The van der Waals surface area contributed by atoms with Gasteiger partial charge in [0.05, 0.1) is 16.6 Å². The molecular formula is C44H39F3N2O2. The summed E-state index contributed by atoms with van der Waals surface area (Å²) in [7, 11) is 0. The maximum atomic E-state index is 13.5. The highest BCUT2D eigenvalue weighted by Crippen LogP contribution is 2.42. The number of fused-ring (bicyclic) bond motifs is 2. The largest absolute Gasteiger partial charge is 0.507 e. The highest BCUT2D eigenvalue weighted by Gasteiger charge is 2.30. The summed E-state index contributed by atoms with van der Waals surface area (Å²) in [6.45, 7) is 15.0. The van der Waals surface area contributed by atoms with Crippen molar-refractivity contribution in [2.24, 2.45) is 0 Å². The van der Waals surface area contributed by atoms with E-state index < -0.39 is 11.7 Å². The molecule has 0 unspecified atom stereocenters. The Bertz CT molecular complexity index is 2440. The van der Waals surface area contributed by atoms with Gasteiger partial charge in [-0.1, -0.05) is 77.9 Å². The maximum absolute atomic E-state index is 13.5. The van der Waals surface area contributed by atoms with Crippen LogP contribution >= 0.6 is 0 Å². The number of rotatable bonds is 4. The number of benzene rings is 5. The van der Waals surface area contributed by atoms with Gasteiger partial charge in [0, 0.05) is 22.7 Å². The van der Waals surface area contributed by atoms with Crippen LogP contribution in [0.25, 0.3) is 66.8 Å².